The molecule has 0 radical (unpaired) electrons. The van der Waals surface area contributed by atoms with Gasteiger partial charge in [0.1, 0.15) is 10.8 Å². The topological polar surface area (TPSA) is 84.8 Å². The van der Waals surface area contributed by atoms with E-state index in [2.05, 4.69) is 20.5 Å². The maximum Gasteiger partial charge on any atom is 0.232 e. The lowest BCUT2D eigenvalue weighted by Gasteiger charge is -1.99. The summed E-state index contributed by atoms with van der Waals surface area (Å²) in [7, 11) is 0. The minimum absolute atomic E-state index is 0.101. The predicted molar refractivity (Wildman–Crippen MR) is 101 cm³/mol. The average molecular weight is 409 g/mol. The molecule has 0 saturated heterocycles. The number of ketones is 1. The summed E-state index contributed by atoms with van der Waals surface area (Å²) in [4.78, 5) is 28.4. The van der Waals surface area contributed by atoms with Gasteiger partial charge in [-0.15, -0.1) is 21.5 Å². The van der Waals surface area contributed by atoms with Gasteiger partial charge in [-0.2, -0.15) is 0 Å². The van der Waals surface area contributed by atoms with Crippen LogP contribution in [0.25, 0.3) is 0 Å². The number of hydrogen-bond acceptors (Lipinski definition) is 8. The van der Waals surface area contributed by atoms with Crippen molar-refractivity contribution in [3.8, 4) is 0 Å². The number of hydrogen-bond donors (Lipinski definition) is 1. The van der Waals surface area contributed by atoms with Gasteiger partial charge < -0.3 is 5.32 Å². The molecule has 0 saturated carbocycles. The number of thioether (sulfide) groups is 1. The van der Waals surface area contributed by atoms with Crippen molar-refractivity contribution in [1.82, 2.24) is 15.2 Å². The molecule has 10 heteroatoms. The fourth-order valence-electron chi connectivity index (χ4n) is 1.96. The van der Waals surface area contributed by atoms with Crippen LogP contribution in [0.5, 0.6) is 0 Å². The molecule has 1 aromatic carbocycles. The predicted octanol–water partition coefficient (Wildman–Crippen LogP) is 3.60. The van der Waals surface area contributed by atoms with Crippen molar-refractivity contribution in [2.75, 3.05) is 11.1 Å². The molecule has 1 amide bonds. The van der Waals surface area contributed by atoms with E-state index >= 15 is 0 Å². The van der Waals surface area contributed by atoms with Gasteiger partial charge in [-0.25, -0.2) is 9.37 Å². The maximum absolute atomic E-state index is 12.9. The van der Waals surface area contributed by atoms with Gasteiger partial charge in [0.05, 0.1) is 17.9 Å². The molecule has 0 aliphatic rings. The Morgan fingerprint density at radius 3 is 2.69 bits per heavy atom. The standard InChI is InChI=1S/C16H13FN4O2S3/c1-9-20-21-15(26-9)19-14(23)6-12-7-24-16(18-12)25-8-13(22)10-2-4-11(17)5-3-10/h2-5,7H,6,8H2,1H3,(H,19,21,23). The maximum atomic E-state index is 12.9. The van der Waals surface area contributed by atoms with E-state index in [0.717, 1.165) is 5.01 Å². The van der Waals surface area contributed by atoms with Gasteiger partial charge in [0.15, 0.2) is 10.1 Å². The number of Topliss-reactive ketones (excluding diaryl/α,β-unsaturated/α-hetero) is 1. The summed E-state index contributed by atoms with van der Waals surface area (Å²) in [5.74, 6) is -0.489. The van der Waals surface area contributed by atoms with Crippen LogP contribution in [0, 0.1) is 12.7 Å². The van der Waals surface area contributed by atoms with E-state index in [1.165, 1.54) is 58.7 Å². The number of benzene rings is 1. The van der Waals surface area contributed by atoms with Crippen molar-refractivity contribution in [3.63, 3.8) is 0 Å². The summed E-state index contributed by atoms with van der Waals surface area (Å²) in [6.07, 6.45) is 0.127. The Labute approximate surface area is 160 Å². The molecule has 26 heavy (non-hydrogen) atoms. The van der Waals surface area contributed by atoms with E-state index in [1.807, 2.05) is 6.92 Å². The molecule has 0 unspecified atom stereocenters. The van der Waals surface area contributed by atoms with Crippen molar-refractivity contribution in [2.24, 2.45) is 0 Å². The van der Waals surface area contributed by atoms with E-state index in [9.17, 15) is 14.0 Å². The van der Waals surface area contributed by atoms with Crippen LogP contribution in [-0.2, 0) is 11.2 Å². The molecule has 0 fully saturated rings. The fraction of sp³-hybridized carbons (Fsp3) is 0.188. The van der Waals surface area contributed by atoms with Gasteiger partial charge >= 0.3 is 0 Å². The summed E-state index contributed by atoms with van der Waals surface area (Å²) in [5, 5.41) is 13.4. The molecule has 0 aliphatic carbocycles. The second kappa shape index (κ2) is 8.47. The van der Waals surface area contributed by atoms with Gasteiger partial charge in [-0.3, -0.25) is 9.59 Å². The Hall–Kier alpha value is -2.17. The third kappa shape index (κ3) is 5.16. The lowest BCUT2D eigenvalue weighted by atomic mass is 10.1. The molecule has 3 rings (SSSR count). The highest BCUT2D eigenvalue weighted by atomic mass is 32.2. The van der Waals surface area contributed by atoms with Crippen LogP contribution >= 0.6 is 34.4 Å². The zero-order valence-electron chi connectivity index (χ0n) is 13.6. The summed E-state index contributed by atoms with van der Waals surface area (Å²) >= 11 is 3.98. The Bertz CT molecular complexity index is 924. The first-order valence-electron chi connectivity index (χ1n) is 7.45. The van der Waals surface area contributed by atoms with Crippen LogP contribution in [0.2, 0.25) is 0 Å². The molecule has 2 heterocycles. The van der Waals surface area contributed by atoms with Crippen molar-refractivity contribution in [3.05, 3.63) is 51.7 Å². The Morgan fingerprint density at radius 1 is 1.23 bits per heavy atom. The van der Waals surface area contributed by atoms with Crippen molar-refractivity contribution in [1.29, 1.82) is 0 Å². The molecular formula is C16H13FN4O2S3. The van der Waals surface area contributed by atoms with Crippen molar-refractivity contribution in [2.45, 2.75) is 17.7 Å². The number of thiazole rings is 1. The summed E-state index contributed by atoms with van der Waals surface area (Å²) < 4.78 is 13.6. The molecule has 1 N–H and O–H groups in total. The number of aryl methyl sites for hydroxylation is 1. The summed E-state index contributed by atoms with van der Waals surface area (Å²) in [6.45, 7) is 1.81. The molecular weight excluding hydrogens is 395 g/mol. The number of nitrogens with zero attached hydrogens (tertiary/aromatic N) is 3. The zero-order valence-corrected chi connectivity index (χ0v) is 16.0. The number of carbonyl (C=O) groups excluding carboxylic acids is 2. The third-order valence-corrected chi connectivity index (χ3v) is 5.96. The minimum Gasteiger partial charge on any atom is -0.300 e. The lowest BCUT2D eigenvalue weighted by molar-refractivity contribution is -0.115. The molecule has 0 atom stereocenters. The lowest BCUT2D eigenvalue weighted by Crippen LogP contribution is -2.14. The quantitative estimate of drug-likeness (QED) is 0.475. The minimum atomic E-state index is -0.374. The molecule has 0 aliphatic heterocycles. The van der Waals surface area contributed by atoms with E-state index in [4.69, 9.17) is 0 Å². The zero-order chi connectivity index (χ0) is 18.5. The van der Waals surface area contributed by atoms with Crippen LogP contribution in [0.3, 0.4) is 0 Å². The highest BCUT2D eigenvalue weighted by molar-refractivity contribution is 8.01. The summed E-state index contributed by atoms with van der Waals surface area (Å²) in [5.41, 5.74) is 1.09. The molecule has 0 bridgehead atoms. The molecule has 134 valence electrons. The number of rotatable bonds is 7. The number of anilines is 1. The number of amides is 1. The number of aromatic nitrogens is 3. The van der Waals surface area contributed by atoms with E-state index < -0.39 is 0 Å². The van der Waals surface area contributed by atoms with Crippen LogP contribution in [-0.4, -0.2) is 32.6 Å². The number of nitrogens with one attached hydrogen (secondary N) is 1. The van der Waals surface area contributed by atoms with Gasteiger partial charge in [0.25, 0.3) is 0 Å². The average Bonchev–Trinajstić information content (AvgIpc) is 3.22. The first-order valence-corrected chi connectivity index (χ1v) is 10.1. The second-order valence-electron chi connectivity index (χ2n) is 5.17. The third-order valence-electron chi connectivity index (χ3n) is 3.14. The molecule has 6 nitrogen and oxygen atoms in total. The smallest absolute Gasteiger partial charge is 0.232 e. The second-order valence-corrected chi connectivity index (χ2v) is 8.44. The SMILES string of the molecule is Cc1nnc(NC(=O)Cc2csc(SCC(=O)c3ccc(F)cc3)n2)s1. The van der Waals surface area contributed by atoms with Crippen LogP contribution in [0.15, 0.2) is 34.0 Å². The highest BCUT2D eigenvalue weighted by Gasteiger charge is 2.12. The van der Waals surface area contributed by atoms with Gasteiger partial charge in [-0.05, 0) is 31.2 Å². The Balaban J connectivity index is 1.50. The van der Waals surface area contributed by atoms with Crippen molar-refractivity contribution >= 4 is 51.3 Å². The van der Waals surface area contributed by atoms with Gasteiger partial charge in [-0.1, -0.05) is 23.1 Å². The number of halogens is 1. The number of carbonyl (C=O) groups is 2. The molecule has 2 aromatic heterocycles. The first kappa shape index (κ1) is 18.6. The normalized spacial score (nSPS) is 10.7. The van der Waals surface area contributed by atoms with E-state index in [-0.39, 0.29) is 29.7 Å². The van der Waals surface area contributed by atoms with Crippen LogP contribution < -0.4 is 5.32 Å². The fourth-order valence-corrected chi connectivity index (χ4v) is 4.30. The van der Waals surface area contributed by atoms with Crippen molar-refractivity contribution < 1.29 is 14.0 Å². The largest absolute Gasteiger partial charge is 0.300 e. The van der Waals surface area contributed by atoms with E-state index in [1.54, 1.807) is 5.38 Å². The van der Waals surface area contributed by atoms with Gasteiger partial charge in [0.2, 0.25) is 11.0 Å². The monoisotopic (exact) mass is 408 g/mol. The van der Waals surface area contributed by atoms with Crippen LogP contribution in [0.1, 0.15) is 21.1 Å². The van der Waals surface area contributed by atoms with Gasteiger partial charge in [0, 0.05) is 10.9 Å². The van der Waals surface area contributed by atoms with Crippen LogP contribution in [0.4, 0.5) is 9.52 Å². The highest BCUT2D eigenvalue weighted by Crippen LogP contribution is 2.24. The first-order chi connectivity index (χ1) is 12.5. The summed E-state index contributed by atoms with van der Waals surface area (Å²) in [6, 6.07) is 5.45. The molecule has 0 spiro atoms. The Kier molecular flexibility index (Phi) is 6.07. The van der Waals surface area contributed by atoms with E-state index in [0.29, 0.717) is 20.7 Å². The Morgan fingerprint density at radius 2 is 2.00 bits per heavy atom. The molecule has 3 aromatic rings.